The molecule has 1 aromatic rings. The molecule has 0 bridgehead atoms. The molecule has 16 heavy (non-hydrogen) atoms. The summed E-state index contributed by atoms with van der Waals surface area (Å²) in [5, 5.41) is 0.539. The molecular weight excluding hydrogens is 247 g/mol. The molecule has 1 aromatic heterocycles. The lowest BCUT2D eigenvalue weighted by molar-refractivity contribution is 0.0782. The SMILES string of the molecule is O=C(c1ccc(Cl)cn1)N1CCC(CCl)C1. The Morgan fingerprint density at radius 3 is 2.94 bits per heavy atom. The van der Waals surface area contributed by atoms with Gasteiger partial charge >= 0.3 is 0 Å². The van der Waals surface area contributed by atoms with E-state index in [0.29, 0.717) is 22.5 Å². The highest BCUT2D eigenvalue weighted by Crippen LogP contribution is 2.19. The summed E-state index contributed by atoms with van der Waals surface area (Å²) in [5.41, 5.74) is 0.444. The number of carbonyl (C=O) groups excluding carboxylic acids is 1. The number of alkyl halides is 1. The molecule has 1 unspecified atom stereocenters. The summed E-state index contributed by atoms with van der Waals surface area (Å²) in [4.78, 5) is 17.8. The van der Waals surface area contributed by atoms with Crippen LogP contribution in [0.25, 0.3) is 0 Å². The second kappa shape index (κ2) is 5.02. The standard InChI is InChI=1S/C11H12Cl2N2O/c12-5-8-3-4-15(7-8)11(16)10-2-1-9(13)6-14-10/h1-2,6,8H,3-5,7H2. The van der Waals surface area contributed by atoms with Crippen molar-refractivity contribution in [2.75, 3.05) is 19.0 Å². The Morgan fingerprint density at radius 1 is 1.56 bits per heavy atom. The number of halogens is 2. The van der Waals surface area contributed by atoms with Gasteiger partial charge in [-0.25, -0.2) is 4.98 Å². The van der Waals surface area contributed by atoms with Gasteiger partial charge in [-0.3, -0.25) is 4.79 Å². The fourth-order valence-corrected chi connectivity index (χ4v) is 2.17. The van der Waals surface area contributed by atoms with Gasteiger partial charge in [0.1, 0.15) is 5.69 Å². The zero-order valence-corrected chi connectivity index (χ0v) is 10.2. The Labute approximate surface area is 104 Å². The summed E-state index contributed by atoms with van der Waals surface area (Å²) in [6.07, 6.45) is 2.47. The van der Waals surface area contributed by atoms with E-state index in [1.807, 2.05) is 0 Å². The highest BCUT2D eigenvalue weighted by Gasteiger charge is 2.26. The molecule has 1 aliphatic heterocycles. The minimum absolute atomic E-state index is 0.0377. The van der Waals surface area contributed by atoms with Crippen LogP contribution in [0.1, 0.15) is 16.9 Å². The van der Waals surface area contributed by atoms with Crippen LogP contribution in [0.5, 0.6) is 0 Å². The van der Waals surface area contributed by atoms with E-state index < -0.39 is 0 Å². The molecule has 3 nitrogen and oxygen atoms in total. The molecule has 0 spiro atoms. The third-order valence-corrected chi connectivity index (χ3v) is 3.40. The minimum atomic E-state index is -0.0377. The van der Waals surface area contributed by atoms with Crippen LogP contribution in [0.4, 0.5) is 0 Å². The largest absolute Gasteiger partial charge is 0.337 e. The highest BCUT2D eigenvalue weighted by atomic mass is 35.5. The summed E-state index contributed by atoms with van der Waals surface area (Å²) in [6, 6.07) is 3.33. The molecule has 1 saturated heterocycles. The maximum atomic E-state index is 12.0. The Kier molecular flexibility index (Phi) is 3.66. The maximum Gasteiger partial charge on any atom is 0.272 e. The van der Waals surface area contributed by atoms with E-state index in [0.717, 1.165) is 19.5 Å². The quantitative estimate of drug-likeness (QED) is 0.764. The van der Waals surface area contributed by atoms with Crippen LogP contribution < -0.4 is 0 Å². The van der Waals surface area contributed by atoms with Crippen LogP contribution in [0.15, 0.2) is 18.3 Å². The third-order valence-electron chi connectivity index (χ3n) is 2.74. The molecule has 1 fully saturated rings. The Hall–Kier alpha value is -0.800. The smallest absolute Gasteiger partial charge is 0.272 e. The molecule has 2 heterocycles. The van der Waals surface area contributed by atoms with Crippen molar-refractivity contribution < 1.29 is 4.79 Å². The minimum Gasteiger partial charge on any atom is -0.337 e. The molecule has 0 aliphatic carbocycles. The zero-order valence-electron chi connectivity index (χ0n) is 8.70. The average molecular weight is 259 g/mol. The van der Waals surface area contributed by atoms with Gasteiger partial charge in [0.05, 0.1) is 5.02 Å². The number of hydrogen-bond donors (Lipinski definition) is 0. The Balaban J connectivity index is 2.05. The second-order valence-electron chi connectivity index (χ2n) is 3.92. The number of rotatable bonds is 2. The fraction of sp³-hybridized carbons (Fsp3) is 0.455. The predicted molar refractivity (Wildman–Crippen MR) is 64.0 cm³/mol. The second-order valence-corrected chi connectivity index (χ2v) is 4.67. The molecular formula is C11H12Cl2N2O. The fourth-order valence-electron chi connectivity index (χ4n) is 1.81. The first-order valence-corrected chi connectivity index (χ1v) is 6.08. The zero-order chi connectivity index (χ0) is 11.5. The van der Waals surface area contributed by atoms with E-state index in [9.17, 15) is 4.79 Å². The van der Waals surface area contributed by atoms with Crippen molar-refractivity contribution in [1.82, 2.24) is 9.88 Å². The summed E-state index contributed by atoms with van der Waals surface area (Å²) < 4.78 is 0. The van der Waals surface area contributed by atoms with Crippen LogP contribution in [0.3, 0.4) is 0 Å². The Morgan fingerprint density at radius 2 is 2.38 bits per heavy atom. The van der Waals surface area contributed by atoms with Gasteiger partial charge in [-0.15, -0.1) is 11.6 Å². The number of nitrogens with zero attached hydrogens (tertiary/aromatic N) is 2. The van der Waals surface area contributed by atoms with Crippen molar-refractivity contribution in [3.8, 4) is 0 Å². The lowest BCUT2D eigenvalue weighted by Crippen LogP contribution is -2.29. The van der Waals surface area contributed by atoms with Gasteiger partial charge in [-0.2, -0.15) is 0 Å². The van der Waals surface area contributed by atoms with Crippen molar-refractivity contribution in [2.24, 2.45) is 5.92 Å². The molecule has 0 aromatic carbocycles. The highest BCUT2D eigenvalue weighted by molar-refractivity contribution is 6.30. The van der Waals surface area contributed by atoms with Gasteiger partial charge in [0.2, 0.25) is 0 Å². The molecule has 1 aliphatic rings. The van der Waals surface area contributed by atoms with Gasteiger partial charge in [0.25, 0.3) is 5.91 Å². The van der Waals surface area contributed by atoms with Crippen molar-refractivity contribution >= 4 is 29.1 Å². The van der Waals surface area contributed by atoms with E-state index in [-0.39, 0.29) is 5.91 Å². The van der Waals surface area contributed by atoms with E-state index in [2.05, 4.69) is 4.98 Å². The lowest BCUT2D eigenvalue weighted by Gasteiger charge is -2.15. The molecule has 2 rings (SSSR count). The number of hydrogen-bond acceptors (Lipinski definition) is 2. The molecule has 5 heteroatoms. The number of amides is 1. The Bertz CT molecular complexity index is 380. The summed E-state index contributed by atoms with van der Waals surface area (Å²) >= 11 is 11.5. The summed E-state index contributed by atoms with van der Waals surface area (Å²) in [6.45, 7) is 1.49. The number of likely N-dealkylation sites (tertiary alicyclic amines) is 1. The topological polar surface area (TPSA) is 33.2 Å². The average Bonchev–Trinajstić information content (AvgIpc) is 2.77. The molecule has 1 amide bonds. The van der Waals surface area contributed by atoms with Crippen molar-refractivity contribution in [2.45, 2.75) is 6.42 Å². The summed E-state index contributed by atoms with van der Waals surface area (Å²) in [5.74, 6) is 0.986. The normalized spacial score (nSPS) is 20.1. The van der Waals surface area contributed by atoms with Crippen LogP contribution in [0, 0.1) is 5.92 Å². The van der Waals surface area contributed by atoms with Crippen LogP contribution in [-0.2, 0) is 0 Å². The van der Waals surface area contributed by atoms with Crippen LogP contribution in [0.2, 0.25) is 5.02 Å². The lowest BCUT2D eigenvalue weighted by atomic mass is 10.2. The van der Waals surface area contributed by atoms with E-state index in [1.54, 1.807) is 17.0 Å². The monoisotopic (exact) mass is 258 g/mol. The van der Waals surface area contributed by atoms with Gasteiger partial charge in [-0.1, -0.05) is 11.6 Å². The molecule has 0 N–H and O–H groups in total. The van der Waals surface area contributed by atoms with E-state index >= 15 is 0 Å². The number of pyridine rings is 1. The maximum absolute atomic E-state index is 12.0. The van der Waals surface area contributed by atoms with Gasteiger partial charge < -0.3 is 4.90 Å². The molecule has 0 saturated carbocycles. The first-order valence-electron chi connectivity index (χ1n) is 5.17. The van der Waals surface area contributed by atoms with E-state index in [1.165, 1.54) is 6.20 Å². The molecule has 0 radical (unpaired) electrons. The van der Waals surface area contributed by atoms with Gasteiger partial charge in [-0.05, 0) is 24.5 Å². The molecule has 1 atom stereocenters. The molecule has 86 valence electrons. The van der Waals surface area contributed by atoms with Crippen molar-refractivity contribution in [1.29, 1.82) is 0 Å². The number of aromatic nitrogens is 1. The third kappa shape index (κ3) is 2.47. The van der Waals surface area contributed by atoms with Gasteiger partial charge in [0, 0.05) is 25.2 Å². The number of carbonyl (C=O) groups is 1. The predicted octanol–water partition coefficient (Wildman–Crippen LogP) is 2.44. The first-order chi connectivity index (χ1) is 7.70. The van der Waals surface area contributed by atoms with Gasteiger partial charge in [0.15, 0.2) is 0 Å². The van der Waals surface area contributed by atoms with E-state index in [4.69, 9.17) is 23.2 Å². The van der Waals surface area contributed by atoms with Crippen LogP contribution >= 0.6 is 23.2 Å². The first kappa shape index (κ1) is 11.7. The van der Waals surface area contributed by atoms with Crippen molar-refractivity contribution in [3.63, 3.8) is 0 Å². The van der Waals surface area contributed by atoms with Crippen LogP contribution in [-0.4, -0.2) is 34.8 Å². The van der Waals surface area contributed by atoms with Crippen molar-refractivity contribution in [3.05, 3.63) is 29.0 Å². The summed E-state index contributed by atoms with van der Waals surface area (Å²) in [7, 11) is 0.